The maximum Gasteiger partial charge on any atom is 0.269 e. The summed E-state index contributed by atoms with van der Waals surface area (Å²) in [6.07, 6.45) is 2.96. The van der Waals surface area contributed by atoms with Crippen LogP contribution in [-0.4, -0.2) is 47.8 Å². The Labute approximate surface area is 202 Å². The Morgan fingerprint density at radius 2 is 1.74 bits per heavy atom. The summed E-state index contributed by atoms with van der Waals surface area (Å²) in [5, 5.41) is 13.8. The second-order valence-corrected chi connectivity index (χ2v) is 8.32. The monoisotopic (exact) mass is 474 g/mol. The van der Waals surface area contributed by atoms with Crippen molar-refractivity contribution >= 4 is 35.0 Å². The molecule has 1 fully saturated rings. The van der Waals surface area contributed by atoms with Gasteiger partial charge in [-0.05, 0) is 61.0 Å². The number of non-ortho nitro benzene ring substituents is 1. The maximum absolute atomic E-state index is 12.4. The van der Waals surface area contributed by atoms with Gasteiger partial charge < -0.3 is 19.5 Å². The second kappa shape index (κ2) is 10.3. The first kappa shape index (κ1) is 23.7. The minimum Gasteiger partial charge on any atom is -0.457 e. The summed E-state index contributed by atoms with van der Waals surface area (Å²) in [6.45, 7) is 6.34. The van der Waals surface area contributed by atoms with Gasteiger partial charge in [0.2, 0.25) is 11.8 Å². The average Bonchev–Trinajstić information content (AvgIpc) is 3.32. The third-order valence-electron chi connectivity index (χ3n) is 5.94. The van der Waals surface area contributed by atoms with Crippen LogP contribution in [0.3, 0.4) is 0 Å². The van der Waals surface area contributed by atoms with Gasteiger partial charge >= 0.3 is 0 Å². The zero-order valence-electron chi connectivity index (χ0n) is 19.6. The number of piperazine rings is 1. The van der Waals surface area contributed by atoms with E-state index < -0.39 is 4.92 Å². The molecule has 0 bridgehead atoms. The molecule has 0 spiro atoms. The van der Waals surface area contributed by atoms with Crippen molar-refractivity contribution < 1.29 is 18.9 Å². The maximum atomic E-state index is 12.4. The molecule has 0 atom stereocenters. The van der Waals surface area contributed by atoms with Crippen LogP contribution < -0.4 is 10.2 Å². The number of benzene rings is 2. The number of hydrogen-bond acceptors (Lipinski definition) is 6. The zero-order valence-corrected chi connectivity index (χ0v) is 19.6. The number of carbonyl (C=O) groups is 2. The first-order valence-electron chi connectivity index (χ1n) is 11.2. The first-order chi connectivity index (χ1) is 16.8. The smallest absolute Gasteiger partial charge is 0.269 e. The second-order valence-electron chi connectivity index (χ2n) is 8.32. The number of carbonyl (C=O) groups excluding carboxylic acids is 2. The van der Waals surface area contributed by atoms with Crippen molar-refractivity contribution in [2.45, 2.75) is 13.8 Å². The van der Waals surface area contributed by atoms with Crippen molar-refractivity contribution in [3.63, 3.8) is 0 Å². The molecule has 0 radical (unpaired) electrons. The molecule has 1 aromatic heterocycles. The van der Waals surface area contributed by atoms with E-state index in [1.807, 2.05) is 29.2 Å². The molecule has 0 aliphatic carbocycles. The third kappa shape index (κ3) is 5.75. The zero-order chi connectivity index (χ0) is 24.9. The molecule has 0 unspecified atom stereocenters. The predicted molar refractivity (Wildman–Crippen MR) is 134 cm³/mol. The van der Waals surface area contributed by atoms with Crippen molar-refractivity contribution in [1.82, 2.24) is 4.90 Å². The molecule has 1 saturated heterocycles. The highest BCUT2D eigenvalue weighted by molar-refractivity contribution is 6.01. The molecule has 3 aromatic rings. The first-order valence-corrected chi connectivity index (χ1v) is 11.2. The largest absolute Gasteiger partial charge is 0.457 e. The lowest BCUT2D eigenvalue weighted by molar-refractivity contribution is -0.384. The van der Waals surface area contributed by atoms with Crippen molar-refractivity contribution in [2.24, 2.45) is 0 Å². The van der Waals surface area contributed by atoms with E-state index in [1.54, 1.807) is 38.1 Å². The van der Waals surface area contributed by atoms with Crippen LogP contribution in [0.4, 0.5) is 17.1 Å². The lowest BCUT2D eigenvalue weighted by atomic mass is 10.1. The van der Waals surface area contributed by atoms with Crippen molar-refractivity contribution in [1.29, 1.82) is 0 Å². The van der Waals surface area contributed by atoms with Crippen LogP contribution in [-0.2, 0) is 9.59 Å². The Hall–Kier alpha value is -4.40. The van der Waals surface area contributed by atoms with E-state index in [2.05, 4.69) is 10.2 Å². The van der Waals surface area contributed by atoms with Crippen LogP contribution >= 0.6 is 0 Å². The highest BCUT2D eigenvalue weighted by Gasteiger charge is 2.18. The average molecular weight is 475 g/mol. The van der Waals surface area contributed by atoms with Gasteiger partial charge in [-0.3, -0.25) is 19.7 Å². The van der Waals surface area contributed by atoms with E-state index >= 15 is 0 Å². The summed E-state index contributed by atoms with van der Waals surface area (Å²) in [4.78, 5) is 38.4. The Bertz CT molecular complexity index is 1270. The quantitative estimate of drug-likeness (QED) is 0.320. The van der Waals surface area contributed by atoms with E-state index in [0.717, 1.165) is 29.9 Å². The van der Waals surface area contributed by atoms with Gasteiger partial charge in [-0.15, -0.1) is 0 Å². The number of anilines is 2. The minimum atomic E-state index is -0.435. The SMILES string of the molecule is CC(=O)N1CCN(c2ccc(NC(=O)/C=C/c3ccc(-c4ccc([N+](=O)[O-])cc4C)o3)cc2)CC1. The normalized spacial score (nSPS) is 13.8. The summed E-state index contributed by atoms with van der Waals surface area (Å²) in [5.41, 5.74) is 3.23. The van der Waals surface area contributed by atoms with Crippen LogP contribution in [0, 0.1) is 17.0 Å². The van der Waals surface area contributed by atoms with Crippen LogP contribution in [0.5, 0.6) is 0 Å². The van der Waals surface area contributed by atoms with E-state index in [0.29, 0.717) is 30.3 Å². The number of rotatable bonds is 6. The number of nitrogens with zero attached hydrogens (tertiary/aromatic N) is 3. The fraction of sp³-hybridized carbons (Fsp3) is 0.231. The summed E-state index contributed by atoms with van der Waals surface area (Å²) >= 11 is 0. The molecule has 1 aliphatic heterocycles. The van der Waals surface area contributed by atoms with E-state index in [9.17, 15) is 19.7 Å². The number of aryl methyl sites for hydroxylation is 1. The Morgan fingerprint density at radius 1 is 1.03 bits per heavy atom. The summed E-state index contributed by atoms with van der Waals surface area (Å²) < 4.78 is 5.79. The van der Waals surface area contributed by atoms with E-state index in [4.69, 9.17) is 4.42 Å². The number of amides is 2. The van der Waals surface area contributed by atoms with Gasteiger partial charge in [-0.1, -0.05) is 0 Å². The van der Waals surface area contributed by atoms with Crippen molar-refractivity contribution in [3.8, 4) is 11.3 Å². The van der Waals surface area contributed by atoms with E-state index in [-0.39, 0.29) is 17.5 Å². The summed E-state index contributed by atoms with van der Waals surface area (Å²) in [5.74, 6) is 0.866. The molecule has 2 amide bonds. The van der Waals surface area contributed by atoms with Crippen molar-refractivity contribution in [3.05, 3.63) is 82.1 Å². The Kier molecular flexibility index (Phi) is 6.96. The molecule has 4 rings (SSSR count). The Morgan fingerprint density at radius 3 is 2.37 bits per heavy atom. The van der Waals surface area contributed by atoms with Crippen molar-refractivity contribution in [2.75, 3.05) is 36.4 Å². The standard InChI is InChI=1S/C26H26N4O5/c1-18-17-22(30(33)34)7-10-24(18)25-11-8-23(35-25)9-12-26(32)27-20-3-5-21(6-4-20)29-15-13-28(14-16-29)19(2)31/h3-12,17H,13-16H2,1-2H3,(H,27,32)/b12-9+. The van der Waals surface area contributed by atoms with Gasteiger partial charge in [0.15, 0.2) is 0 Å². The van der Waals surface area contributed by atoms with Gasteiger partial charge in [0.1, 0.15) is 11.5 Å². The Balaban J connectivity index is 1.33. The molecule has 1 aliphatic rings. The van der Waals surface area contributed by atoms with Gasteiger partial charge in [0.25, 0.3) is 5.69 Å². The molecule has 0 saturated carbocycles. The third-order valence-corrected chi connectivity index (χ3v) is 5.94. The molecule has 9 nitrogen and oxygen atoms in total. The predicted octanol–water partition coefficient (Wildman–Crippen LogP) is 4.48. The lowest BCUT2D eigenvalue weighted by Gasteiger charge is -2.35. The topological polar surface area (TPSA) is 109 Å². The fourth-order valence-corrected chi connectivity index (χ4v) is 4.00. The van der Waals surface area contributed by atoms with Gasteiger partial charge in [0, 0.05) is 68.2 Å². The molecular weight excluding hydrogens is 448 g/mol. The van der Waals surface area contributed by atoms with Crippen LogP contribution in [0.2, 0.25) is 0 Å². The highest BCUT2D eigenvalue weighted by atomic mass is 16.6. The highest BCUT2D eigenvalue weighted by Crippen LogP contribution is 2.29. The van der Waals surface area contributed by atoms with Gasteiger partial charge in [-0.25, -0.2) is 0 Å². The molecule has 180 valence electrons. The van der Waals surface area contributed by atoms with E-state index in [1.165, 1.54) is 18.2 Å². The summed E-state index contributed by atoms with van der Waals surface area (Å²) in [7, 11) is 0. The van der Waals surface area contributed by atoms with Crippen LogP contribution in [0.15, 0.2) is 65.1 Å². The lowest BCUT2D eigenvalue weighted by Crippen LogP contribution is -2.48. The van der Waals surface area contributed by atoms with Crippen LogP contribution in [0.25, 0.3) is 17.4 Å². The summed E-state index contributed by atoms with van der Waals surface area (Å²) in [6, 6.07) is 15.7. The van der Waals surface area contributed by atoms with Gasteiger partial charge in [-0.2, -0.15) is 0 Å². The molecule has 2 heterocycles. The molecule has 1 N–H and O–H groups in total. The number of furan rings is 1. The minimum absolute atomic E-state index is 0.0261. The van der Waals surface area contributed by atoms with Gasteiger partial charge in [0.05, 0.1) is 4.92 Å². The molecule has 9 heteroatoms. The number of hydrogen-bond donors (Lipinski definition) is 1. The number of nitro benzene ring substituents is 1. The number of nitrogens with one attached hydrogen (secondary N) is 1. The molecular formula is C26H26N4O5. The number of nitro groups is 1. The molecule has 35 heavy (non-hydrogen) atoms. The fourth-order valence-electron chi connectivity index (χ4n) is 4.00. The molecule has 2 aromatic carbocycles. The van der Waals surface area contributed by atoms with Crippen LogP contribution in [0.1, 0.15) is 18.2 Å².